The summed E-state index contributed by atoms with van der Waals surface area (Å²) in [5.41, 5.74) is 1.19. The van der Waals surface area contributed by atoms with Gasteiger partial charge in [-0.1, -0.05) is 63.9 Å². The van der Waals surface area contributed by atoms with Gasteiger partial charge in [-0.2, -0.15) is 0 Å². The van der Waals surface area contributed by atoms with Gasteiger partial charge in [-0.3, -0.25) is 14.4 Å². The monoisotopic (exact) mass is 421 g/mol. The van der Waals surface area contributed by atoms with Crippen molar-refractivity contribution in [2.24, 2.45) is 5.92 Å². The van der Waals surface area contributed by atoms with Crippen LogP contribution in [-0.2, 0) is 20.8 Å². The van der Waals surface area contributed by atoms with Crippen LogP contribution in [0.4, 0.5) is 0 Å². The minimum Gasteiger partial charge on any atom is -0.344 e. The molecule has 1 rings (SSSR count). The quantitative estimate of drug-likeness (QED) is 0.473. The Balaban J connectivity index is 2.62. The lowest BCUT2D eigenvalue weighted by Crippen LogP contribution is -2.52. The molecule has 0 aliphatic rings. The highest BCUT2D eigenvalue weighted by Crippen LogP contribution is 2.10. The molecule has 0 bridgehead atoms. The van der Waals surface area contributed by atoms with Crippen molar-refractivity contribution in [3.8, 4) is 0 Å². The summed E-state index contributed by atoms with van der Waals surface area (Å²) in [6, 6.07) is 8.69. The van der Waals surface area contributed by atoms with E-state index >= 15 is 0 Å². The molecule has 0 saturated carbocycles. The predicted octanol–water partition coefficient (Wildman–Crippen LogP) is 4.18. The molecule has 0 aliphatic heterocycles. The number of ketones is 1. The Kier molecular flexibility index (Phi) is 12.3. The van der Waals surface area contributed by atoms with Crippen molar-refractivity contribution >= 4 is 29.2 Å². The fraction of sp³-hybridized carbons (Fsp3) is 0.565. The number of unbranched alkanes of at least 4 members (excludes halogenated alkanes) is 1. The maximum Gasteiger partial charge on any atom is 0.243 e. The summed E-state index contributed by atoms with van der Waals surface area (Å²) in [6.45, 7) is 6.01. The zero-order valence-corrected chi connectivity index (χ0v) is 18.5. The zero-order valence-electron chi connectivity index (χ0n) is 17.7. The van der Waals surface area contributed by atoms with Gasteiger partial charge >= 0.3 is 0 Å². The summed E-state index contributed by atoms with van der Waals surface area (Å²) in [5.74, 6) is 0.399. The third-order valence-electron chi connectivity index (χ3n) is 4.68. The number of rotatable bonds is 14. The average molecular weight is 422 g/mol. The zero-order chi connectivity index (χ0) is 21.6. The normalized spacial score (nSPS) is 13.0. The fourth-order valence-corrected chi connectivity index (χ4v) is 3.26. The van der Waals surface area contributed by atoms with Crippen LogP contribution >= 0.6 is 11.6 Å². The molecule has 0 unspecified atom stereocenters. The first-order chi connectivity index (χ1) is 13.9. The minimum atomic E-state index is -0.661. The summed E-state index contributed by atoms with van der Waals surface area (Å²) in [4.78, 5) is 37.2. The minimum absolute atomic E-state index is 0.151. The van der Waals surface area contributed by atoms with Crippen LogP contribution in [0.1, 0.15) is 64.9 Å². The second kappa shape index (κ2) is 14.2. The van der Waals surface area contributed by atoms with Crippen molar-refractivity contribution in [1.82, 2.24) is 10.6 Å². The van der Waals surface area contributed by atoms with E-state index in [9.17, 15) is 14.4 Å². The van der Waals surface area contributed by atoms with Crippen molar-refractivity contribution in [1.29, 1.82) is 0 Å². The van der Waals surface area contributed by atoms with E-state index in [1.807, 2.05) is 51.1 Å². The van der Waals surface area contributed by atoms with Gasteiger partial charge in [-0.15, -0.1) is 11.6 Å². The second-order valence-electron chi connectivity index (χ2n) is 7.80. The Bertz CT molecular complexity index is 634. The molecule has 6 heteroatoms. The van der Waals surface area contributed by atoms with Crippen LogP contribution in [0.5, 0.6) is 0 Å². The fourth-order valence-electron chi connectivity index (χ4n) is 3.11. The van der Waals surface area contributed by atoms with E-state index < -0.39 is 12.1 Å². The third-order valence-corrected chi connectivity index (χ3v) is 4.90. The molecule has 1 radical (unpaired) electrons. The van der Waals surface area contributed by atoms with Gasteiger partial charge in [0.1, 0.15) is 11.9 Å². The molecule has 0 aliphatic carbocycles. The van der Waals surface area contributed by atoms with E-state index in [-0.39, 0.29) is 23.5 Å². The number of carbonyl (C=O) groups is 3. The number of hydrogen-bond acceptors (Lipinski definition) is 3. The van der Waals surface area contributed by atoms with E-state index in [2.05, 4.69) is 10.6 Å². The number of benzene rings is 1. The summed E-state index contributed by atoms with van der Waals surface area (Å²) >= 11 is 5.57. The highest BCUT2D eigenvalue weighted by molar-refractivity contribution is 6.35. The Morgan fingerprint density at radius 2 is 1.72 bits per heavy atom. The molecular formula is C23H34ClN2O3. The topological polar surface area (TPSA) is 75.3 Å². The van der Waals surface area contributed by atoms with Crippen LogP contribution in [0, 0.1) is 11.8 Å². The third kappa shape index (κ3) is 10.5. The van der Waals surface area contributed by atoms with Gasteiger partial charge < -0.3 is 10.6 Å². The van der Waals surface area contributed by atoms with Gasteiger partial charge in [-0.25, -0.2) is 0 Å². The molecule has 2 atom stereocenters. The first-order valence-electron chi connectivity index (χ1n) is 10.5. The maximum absolute atomic E-state index is 12.8. The Morgan fingerprint density at radius 3 is 2.31 bits per heavy atom. The molecule has 0 heterocycles. The molecule has 1 aromatic rings. The lowest BCUT2D eigenvalue weighted by atomic mass is 10.0. The van der Waals surface area contributed by atoms with E-state index in [4.69, 9.17) is 11.6 Å². The van der Waals surface area contributed by atoms with E-state index in [0.717, 1.165) is 25.1 Å². The highest BCUT2D eigenvalue weighted by Gasteiger charge is 2.26. The second-order valence-corrected chi connectivity index (χ2v) is 8.02. The maximum atomic E-state index is 12.8. The number of Topliss-reactive ketones (excluding diaryl/α,β-unsaturated/α-hetero) is 1. The van der Waals surface area contributed by atoms with Crippen molar-refractivity contribution in [2.75, 3.05) is 0 Å². The number of aryl methyl sites for hydroxylation is 1. The molecule has 5 nitrogen and oxygen atoms in total. The highest BCUT2D eigenvalue weighted by atomic mass is 35.5. The van der Waals surface area contributed by atoms with Crippen LogP contribution in [0.25, 0.3) is 0 Å². The lowest BCUT2D eigenvalue weighted by Gasteiger charge is -2.23. The van der Waals surface area contributed by atoms with Crippen LogP contribution in [0.3, 0.4) is 0 Å². The van der Waals surface area contributed by atoms with Crippen molar-refractivity contribution < 1.29 is 14.4 Å². The van der Waals surface area contributed by atoms with Crippen LogP contribution < -0.4 is 10.6 Å². The van der Waals surface area contributed by atoms with E-state index in [1.54, 1.807) is 0 Å². The summed E-state index contributed by atoms with van der Waals surface area (Å²) < 4.78 is 0. The number of halogens is 1. The molecule has 0 saturated heterocycles. The number of nitrogens with one attached hydrogen (secondary N) is 2. The van der Waals surface area contributed by atoms with Gasteiger partial charge in [0.05, 0.1) is 6.04 Å². The van der Waals surface area contributed by atoms with Crippen molar-refractivity contribution in [2.45, 2.75) is 77.8 Å². The molecule has 2 N–H and O–H groups in total. The standard InChI is InChI=1S/C23H34ClN2O3/c1-4-5-13-19(21(27)16-24)26-23(29)20(15-17(2)3)25-22(28)14-9-12-18-10-7-6-8-11-18/h6-8,10-11,16-17,19-20H,4-5,9,12-15H2,1-3H3,(H,25,28)(H,26,29)/t19-,20-/m0/s1. The van der Waals surface area contributed by atoms with Crippen LogP contribution in [-0.4, -0.2) is 29.7 Å². The number of amides is 2. The Morgan fingerprint density at radius 1 is 1.03 bits per heavy atom. The molecule has 2 amide bonds. The van der Waals surface area contributed by atoms with Gasteiger partial charge in [0, 0.05) is 6.42 Å². The van der Waals surface area contributed by atoms with Gasteiger partial charge in [0.2, 0.25) is 11.8 Å². The van der Waals surface area contributed by atoms with Crippen molar-refractivity contribution in [3.63, 3.8) is 0 Å². The lowest BCUT2D eigenvalue weighted by molar-refractivity contribution is -0.131. The SMILES string of the molecule is CCCC[C@H](NC(=O)[C@H](CC(C)C)NC(=O)CCCc1ccccc1)C(=O)[CH]Cl. The average Bonchev–Trinajstić information content (AvgIpc) is 2.70. The number of carbonyl (C=O) groups excluding carboxylic acids is 3. The molecule has 0 aromatic heterocycles. The predicted molar refractivity (Wildman–Crippen MR) is 117 cm³/mol. The molecule has 29 heavy (non-hydrogen) atoms. The molecule has 0 spiro atoms. The summed E-state index contributed by atoms with van der Waals surface area (Å²) in [5, 5.41) is 5.62. The Hall–Kier alpha value is -1.88. The molecular weight excluding hydrogens is 388 g/mol. The van der Waals surface area contributed by atoms with Crippen LogP contribution in [0.15, 0.2) is 30.3 Å². The summed E-state index contributed by atoms with van der Waals surface area (Å²) in [7, 11) is 0. The summed E-state index contributed by atoms with van der Waals surface area (Å²) in [6.07, 6.45) is 4.64. The largest absolute Gasteiger partial charge is 0.344 e. The first kappa shape index (κ1) is 25.2. The van der Waals surface area contributed by atoms with Gasteiger partial charge in [0.15, 0.2) is 5.78 Å². The Labute approximate surface area is 180 Å². The molecule has 1 aromatic carbocycles. The van der Waals surface area contributed by atoms with Gasteiger partial charge in [-0.05, 0) is 37.2 Å². The molecule has 161 valence electrons. The molecule has 0 fully saturated rings. The van der Waals surface area contributed by atoms with Gasteiger partial charge in [0.25, 0.3) is 0 Å². The van der Waals surface area contributed by atoms with Crippen LogP contribution in [0.2, 0.25) is 0 Å². The smallest absolute Gasteiger partial charge is 0.243 e. The number of hydrogen-bond donors (Lipinski definition) is 2. The van der Waals surface area contributed by atoms with E-state index in [1.165, 1.54) is 5.56 Å². The first-order valence-corrected chi connectivity index (χ1v) is 10.9. The van der Waals surface area contributed by atoms with E-state index in [0.29, 0.717) is 25.7 Å². The van der Waals surface area contributed by atoms with Crippen molar-refractivity contribution in [3.05, 3.63) is 41.8 Å².